The van der Waals surface area contributed by atoms with Crippen molar-refractivity contribution in [2.45, 2.75) is 50.0 Å². The van der Waals surface area contributed by atoms with Crippen LogP contribution in [0.5, 0.6) is 0 Å². The molecule has 1 saturated heterocycles. The van der Waals surface area contributed by atoms with Crippen molar-refractivity contribution in [2.75, 3.05) is 18.6 Å². The summed E-state index contributed by atoms with van der Waals surface area (Å²) in [7, 11) is -3.42. The van der Waals surface area contributed by atoms with Gasteiger partial charge in [-0.3, -0.25) is 9.59 Å². The number of benzene rings is 1. The lowest BCUT2D eigenvalue weighted by molar-refractivity contribution is -0.137. The normalized spacial score (nSPS) is 25.8. The molecular formula is C21H26F3N3O6S. The van der Waals surface area contributed by atoms with Crippen LogP contribution in [0.25, 0.3) is 0 Å². The van der Waals surface area contributed by atoms with Crippen LogP contribution in [-0.4, -0.2) is 73.0 Å². The third-order valence-corrected chi connectivity index (χ3v) is 7.22. The lowest BCUT2D eigenvalue weighted by Crippen LogP contribution is -2.52. The molecule has 3 rings (SSSR count). The van der Waals surface area contributed by atoms with E-state index in [1.807, 2.05) is 0 Å². The van der Waals surface area contributed by atoms with Gasteiger partial charge in [-0.25, -0.2) is 13.2 Å². The first-order valence-corrected chi connectivity index (χ1v) is 12.8. The van der Waals surface area contributed by atoms with Gasteiger partial charge in [0.2, 0.25) is 5.91 Å². The van der Waals surface area contributed by atoms with E-state index in [0.717, 1.165) is 18.4 Å². The smallest absolute Gasteiger partial charge is 0.416 e. The van der Waals surface area contributed by atoms with Gasteiger partial charge < -0.3 is 20.6 Å². The van der Waals surface area contributed by atoms with Gasteiger partial charge in [0, 0.05) is 30.4 Å². The Morgan fingerprint density at radius 3 is 2.50 bits per heavy atom. The number of carbonyl (C=O) groups is 3. The number of amides is 3. The Balaban J connectivity index is 1.70. The first-order chi connectivity index (χ1) is 15.7. The first-order valence-electron chi connectivity index (χ1n) is 10.7. The standard InChI is InChI=1S/C21H26F3N3O6S/c1-34(32,33)11-13-10-15(25-20(30)31)5-6-17(13)27-8-7-16(19(27)29)26-18(28)12-3-2-4-14(9-12)21(22,23)24/h2-4,9,13,15-17,25H,5-8,10-11H2,1H3,(H,26,28)(H,30,31)/t13-,15?,16?,17-/m0/s1. The number of nitrogens with one attached hydrogen (secondary N) is 2. The van der Waals surface area contributed by atoms with Gasteiger partial charge in [0.1, 0.15) is 15.9 Å². The van der Waals surface area contributed by atoms with Crippen molar-refractivity contribution in [2.24, 2.45) is 5.92 Å². The van der Waals surface area contributed by atoms with Crippen LogP contribution in [0.2, 0.25) is 0 Å². The Kier molecular flexibility index (Phi) is 7.44. The zero-order valence-electron chi connectivity index (χ0n) is 18.3. The van der Waals surface area contributed by atoms with Crippen LogP contribution in [0.1, 0.15) is 41.6 Å². The monoisotopic (exact) mass is 505 g/mol. The molecule has 9 nitrogen and oxygen atoms in total. The number of nitrogens with zero attached hydrogens (tertiary/aromatic N) is 1. The molecule has 34 heavy (non-hydrogen) atoms. The molecule has 4 atom stereocenters. The molecule has 3 amide bonds. The molecule has 1 aromatic rings. The van der Waals surface area contributed by atoms with Crippen LogP contribution in [-0.2, 0) is 20.8 Å². The summed E-state index contributed by atoms with van der Waals surface area (Å²) in [4.78, 5) is 38.0. The highest BCUT2D eigenvalue weighted by atomic mass is 32.2. The third kappa shape index (κ3) is 6.39. The Morgan fingerprint density at radius 2 is 1.88 bits per heavy atom. The molecule has 3 N–H and O–H groups in total. The van der Waals surface area contributed by atoms with Gasteiger partial charge in [0.25, 0.3) is 5.91 Å². The highest BCUT2D eigenvalue weighted by Crippen LogP contribution is 2.33. The van der Waals surface area contributed by atoms with Gasteiger partial charge in [-0.05, 0) is 49.8 Å². The maximum atomic E-state index is 13.0. The summed E-state index contributed by atoms with van der Waals surface area (Å²) in [5.41, 5.74) is -1.20. The largest absolute Gasteiger partial charge is 0.465 e. The number of hydrogen-bond donors (Lipinski definition) is 3. The number of carbonyl (C=O) groups excluding carboxylic acids is 2. The minimum Gasteiger partial charge on any atom is -0.465 e. The van der Waals surface area contributed by atoms with Gasteiger partial charge in [-0.15, -0.1) is 0 Å². The molecule has 2 unspecified atom stereocenters. The minimum absolute atomic E-state index is 0.222. The summed E-state index contributed by atoms with van der Waals surface area (Å²) in [6.07, 6.45) is -3.48. The maximum Gasteiger partial charge on any atom is 0.416 e. The second kappa shape index (κ2) is 9.80. The van der Waals surface area contributed by atoms with E-state index in [1.54, 1.807) is 0 Å². The summed E-state index contributed by atoms with van der Waals surface area (Å²) < 4.78 is 62.7. The van der Waals surface area contributed by atoms with Gasteiger partial charge in [0.05, 0.1) is 11.3 Å². The van der Waals surface area contributed by atoms with Crippen molar-refractivity contribution in [3.63, 3.8) is 0 Å². The van der Waals surface area contributed by atoms with E-state index in [9.17, 15) is 36.0 Å². The molecule has 0 spiro atoms. The van der Waals surface area contributed by atoms with Crippen LogP contribution < -0.4 is 10.6 Å². The Hall–Kier alpha value is -2.83. The number of rotatable bonds is 6. The molecule has 2 aliphatic rings. The maximum absolute atomic E-state index is 13.0. The van der Waals surface area contributed by atoms with E-state index in [0.29, 0.717) is 18.9 Å². The zero-order chi connectivity index (χ0) is 25.3. The second-order valence-corrected chi connectivity index (χ2v) is 11.0. The van der Waals surface area contributed by atoms with Gasteiger partial charge >= 0.3 is 12.3 Å². The summed E-state index contributed by atoms with van der Waals surface area (Å²) in [6.45, 7) is 0.244. The number of likely N-dealkylation sites (tertiary alicyclic amines) is 1. The Labute approximate surface area is 194 Å². The second-order valence-electron chi connectivity index (χ2n) is 8.80. The topological polar surface area (TPSA) is 133 Å². The van der Waals surface area contributed by atoms with Crippen molar-refractivity contribution in [3.05, 3.63) is 35.4 Å². The van der Waals surface area contributed by atoms with Gasteiger partial charge in [0.15, 0.2) is 0 Å². The fourth-order valence-corrected chi connectivity index (χ4v) is 5.91. The van der Waals surface area contributed by atoms with Crippen LogP contribution in [0, 0.1) is 5.92 Å². The van der Waals surface area contributed by atoms with Crippen molar-refractivity contribution in [1.29, 1.82) is 0 Å². The van der Waals surface area contributed by atoms with Gasteiger partial charge in [-0.1, -0.05) is 6.07 Å². The quantitative estimate of drug-likeness (QED) is 0.541. The van der Waals surface area contributed by atoms with E-state index in [4.69, 9.17) is 5.11 Å². The lowest BCUT2D eigenvalue weighted by Gasteiger charge is -2.40. The molecule has 0 bridgehead atoms. The number of carboxylic acid groups (broad SMARTS) is 1. The zero-order valence-corrected chi connectivity index (χ0v) is 19.2. The molecule has 1 heterocycles. The predicted octanol–water partition coefficient (Wildman–Crippen LogP) is 1.89. The number of halogens is 3. The number of sulfone groups is 1. The number of hydrogen-bond acceptors (Lipinski definition) is 5. The summed E-state index contributed by atoms with van der Waals surface area (Å²) in [5.74, 6) is -1.97. The summed E-state index contributed by atoms with van der Waals surface area (Å²) >= 11 is 0. The fourth-order valence-electron chi connectivity index (χ4n) is 4.78. The van der Waals surface area contributed by atoms with Crippen molar-refractivity contribution >= 4 is 27.7 Å². The van der Waals surface area contributed by atoms with E-state index in [2.05, 4.69) is 10.6 Å². The third-order valence-electron chi connectivity index (χ3n) is 6.18. The molecule has 1 aliphatic heterocycles. The lowest BCUT2D eigenvalue weighted by atomic mass is 9.81. The fraction of sp³-hybridized carbons (Fsp3) is 0.571. The van der Waals surface area contributed by atoms with E-state index >= 15 is 0 Å². The van der Waals surface area contributed by atoms with Crippen molar-refractivity contribution < 1.29 is 41.1 Å². The summed E-state index contributed by atoms with van der Waals surface area (Å²) in [5, 5.41) is 13.8. The van der Waals surface area contributed by atoms with Crippen molar-refractivity contribution in [1.82, 2.24) is 15.5 Å². The van der Waals surface area contributed by atoms with Crippen LogP contribution in [0.15, 0.2) is 24.3 Å². The van der Waals surface area contributed by atoms with Crippen LogP contribution in [0.3, 0.4) is 0 Å². The molecular weight excluding hydrogens is 479 g/mol. The van der Waals surface area contributed by atoms with E-state index in [1.165, 1.54) is 11.0 Å². The summed E-state index contributed by atoms with van der Waals surface area (Å²) in [6, 6.07) is 2.05. The minimum atomic E-state index is -4.61. The molecule has 13 heteroatoms. The molecule has 1 saturated carbocycles. The highest BCUT2D eigenvalue weighted by molar-refractivity contribution is 7.90. The molecule has 188 valence electrons. The van der Waals surface area contributed by atoms with Crippen LogP contribution in [0.4, 0.5) is 18.0 Å². The Morgan fingerprint density at radius 1 is 1.18 bits per heavy atom. The van der Waals surface area contributed by atoms with E-state index < -0.39 is 63.5 Å². The van der Waals surface area contributed by atoms with E-state index in [-0.39, 0.29) is 30.7 Å². The van der Waals surface area contributed by atoms with Crippen molar-refractivity contribution in [3.8, 4) is 0 Å². The SMILES string of the molecule is CS(=O)(=O)C[C@@H]1CC(NC(=O)O)CC[C@@H]1N1CCC(NC(=O)c2cccc(C(F)(F)F)c2)C1=O. The predicted molar refractivity (Wildman–Crippen MR) is 115 cm³/mol. The molecule has 0 aromatic heterocycles. The first kappa shape index (κ1) is 25.8. The average Bonchev–Trinajstić information content (AvgIpc) is 3.06. The molecule has 1 aliphatic carbocycles. The van der Waals surface area contributed by atoms with Crippen LogP contribution >= 0.6 is 0 Å². The molecule has 0 radical (unpaired) electrons. The molecule has 1 aromatic carbocycles. The number of alkyl halides is 3. The highest BCUT2D eigenvalue weighted by Gasteiger charge is 2.43. The van der Waals surface area contributed by atoms with Gasteiger partial charge in [-0.2, -0.15) is 13.2 Å². The molecule has 2 fully saturated rings. The Bertz CT molecular complexity index is 1060. The average molecular weight is 506 g/mol.